The first-order valence-electron chi connectivity index (χ1n) is 6.03. The van der Waals surface area contributed by atoms with Crippen molar-refractivity contribution >= 4 is 24.0 Å². The number of esters is 1. The molecule has 1 saturated carbocycles. The molecule has 19 heavy (non-hydrogen) atoms. The molecule has 1 aromatic carbocycles. The number of benzene rings is 1. The Morgan fingerprint density at radius 3 is 2.84 bits per heavy atom. The van der Waals surface area contributed by atoms with Crippen molar-refractivity contribution in [1.29, 1.82) is 0 Å². The third-order valence-corrected chi connectivity index (χ3v) is 4.78. The number of carbonyl (C=O) groups excluding carboxylic acids is 2. The van der Waals surface area contributed by atoms with E-state index < -0.39 is 5.82 Å². The maximum absolute atomic E-state index is 13.0. The molecule has 0 unspecified atom stereocenters. The molecule has 1 aliphatic rings. The normalized spacial score (nSPS) is 15.9. The standard InChI is InChI=1S/C14H15FO3S/c1-18-13(17)7-14(4-5-14)9-19-12-3-2-11(15)6-10(12)8-16/h2-3,6,8H,4-5,7,9H2,1H3. The number of thioether (sulfide) groups is 1. The summed E-state index contributed by atoms with van der Waals surface area (Å²) in [5.41, 5.74) is 0.352. The molecule has 0 aliphatic heterocycles. The highest BCUT2D eigenvalue weighted by molar-refractivity contribution is 7.99. The second kappa shape index (κ2) is 5.74. The minimum absolute atomic E-state index is 0.00764. The molecule has 5 heteroatoms. The second-order valence-corrected chi connectivity index (χ2v) is 5.86. The summed E-state index contributed by atoms with van der Waals surface area (Å²) in [4.78, 5) is 23.0. The fraction of sp³-hybridized carbons (Fsp3) is 0.429. The lowest BCUT2D eigenvalue weighted by molar-refractivity contribution is -0.141. The number of carbonyl (C=O) groups is 2. The van der Waals surface area contributed by atoms with Crippen LogP contribution in [0, 0.1) is 11.2 Å². The van der Waals surface area contributed by atoms with Crippen LogP contribution in [0.1, 0.15) is 29.6 Å². The Morgan fingerprint density at radius 2 is 2.26 bits per heavy atom. The summed E-state index contributed by atoms with van der Waals surface area (Å²) in [5, 5.41) is 0. The van der Waals surface area contributed by atoms with Crippen LogP contribution in [0.4, 0.5) is 4.39 Å². The highest BCUT2D eigenvalue weighted by atomic mass is 32.2. The first kappa shape index (κ1) is 14.1. The summed E-state index contributed by atoms with van der Waals surface area (Å²) in [6.45, 7) is 0. The van der Waals surface area contributed by atoms with Gasteiger partial charge in [0.25, 0.3) is 0 Å². The molecule has 2 rings (SSSR count). The summed E-state index contributed by atoms with van der Waals surface area (Å²) < 4.78 is 17.7. The highest BCUT2D eigenvalue weighted by Gasteiger charge is 2.44. The molecule has 1 aliphatic carbocycles. The molecule has 0 heterocycles. The summed E-state index contributed by atoms with van der Waals surface area (Å²) in [5.74, 6) is 0.129. The highest BCUT2D eigenvalue weighted by Crippen LogP contribution is 2.52. The van der Waals surface area contributed by atoms with Crippen LogP contribution in [0.2, 0.25) is 0 Å². The van der Waals surface area contributed by atoms with Crippen molar-refractivity contribution in [2.24, 2.45) is 5.41 Å². The number of aldehydes is 1. The van der Waals surface area contributed by atoms with E-state index in [0.29, 0.717) is 18.3 Å². The van der Waals surface area contributed by atoms with Gasteiger partial charge < -0.3 is 4.74 Å². The molecule has 3 nitrogen and oxygen atoms in total. The molecular formula is C14H15FO3S. The van der Waals surface area contributed by atoms with Crippen molar-refractivity contribution in [2.45, 2.75) is 24.2 Å². The maximum Gasteiger partial charge on any atom is 0.306 e. The predicted molar refractivity (Wildman–Crippen MR) is 70.8 cm³/mol. The van der Waals surface area contributed by atoms with Crippen LogP contribution >= 0.6 is 11.8 Å². The van der Waals surface area contributed by atoms with Crippen LogP contribution in [-0.2, 0) is 9.53 Å². The van der Waals surface area contributed by atoms with Gasteiger partial charge in [0.1, 0.15) is 5.82 Å². The van der Waals surface area contributed by atoms with Gasteiger partial charge in [0.2, 0.25) is 0 Å². The van der Waals surface area contributed by atoms with E-state index in [1.54, 1.807) is 6.07 Å². The Balaban J connectivity index is 1.99. The average Bonchev–Trinajstić information content (AvgIpc) is 3.17. The lowest BCUT2D eigenvalue weighted by atomic mass is 10.1. The monoisotopic (exact) mass is 282 g/mol. The molecule has 0 N–H and O–H groups in total. The van der Waals surface area contributed by atoms with Crippen LogP contribution in [0.15, 0.2) is 23.1 Å². The van der Waals surface area contributed by atoms with Crippen LogP contribution in [0.3, 0.4) is 0 Å². The van der Waals surface area contributed by atoms with Crippen molar-refractivity contribution in [3.05, 3.63) is 29.6 Å². The number of methoxy groups -OCH3 is 1. The SMILES string of the molecule is COC(=O)CC1(CSc2ccc(F)cc2C=O)CC1. The van der Waals surface area contributed by atoms with Gasteiger partial charge in [-0.25, -0.2) is 4.39 Å². The van der Waals surface area contributed by atoms with E-state index in [2.05, 4.69) is 4.74 Å². The zero-order valence-corrected chi connectivity index (χ0v) is 11.5. The molecule has 0 aromatic heterocycles. The molecule has 0 radical (unpaired) electrons. The Morgan fingerprint density at radius 1 is 1.53 bits per heavy atom. The van der Waals surface area contributed by atoms with Gasteiger partial charge in [0, 0.05) is 16.2 Å². The zero-order valence-electron chi connectivity index (χ0n) is 10.6. The van der Waals surface area contributed by atoms with Crippen molar-refractivity contribution in [3.8, 4) is 0 Å². The molecular weight excluding hydrogens is 267 g/mol. The molecule has 102 valence electrons. The molecule has 1 fully saturated rings. The van der Waals surface area contributed by atoms with Crippen LogP contribution in [0.25, 0.3) is 0 Å². The Hall–Kier alpha value is -1.36. The Bertz CT molecular complexity index is 497. The van der Waals surface area contributed by atoms with Crippen molar-refractivity contribution in [3.63, 3.8) is 0 Å². The molecule has 0 amide bonds. The zero-order chi connectivity index (χ0) is 13.9. The van der Waals surface area contributed by atoms with Gasteiger partial charge >= 0.3 is 5.97 Å². The van der Waals surface area contributed by atoms with E-state index in [4.69, 9.17) is 0 Å². The van der Waals surface area contributed by atoms with E-state index >= 15 is 0 Å². The number of hydrogen-bond acceptors (Lipinski definition) is 4. The third kappa shape index (κ3) is 3.56. The molecule has 0 bridgehead atoms. The summed E-state index contributed by atoms with van der Waals surface area (Å²) in [6.07, 6.45) is 3.05. The second-order valence-electron chi connectivity index (χ2n) is 4.84. The van der Waals surface area contributed by atoms with Gasteiger partial charge in [-0.05, 0) is 36.5 Å². The van der Waals surface area contributed by atoms with Crippen LogP contribution in [0.5, 0.6) is 0 Å². The molecule has 0 saturated heterocycles. The van der Waals surface area contributed by atoms with Gasteiger partial charge in [-0.2, -0.15) is 0 Å². The number of hydrogen-bond donors (Lipinski definition) is 0. The van der Waals surface area contributed by atoms with Crippen molar-refractivity contribution < 1.29 is 18.7 Å². The van der Waals surface area contributed by atoms with Crippen molar-refractivity contribution in [1.82, 2.24) is 0 Å². The average molecular weight is 282 g/mol. The quantitative estimate of drug-likeness (QED) is 0.457. The third-order valence-electron chi connectivity index (χ3n) is 3.34. The molecule has 0 spiro atoms. The number of ether oxygens (including phenoxy) is 1. The van der Waals surface area contributed by atoms with E-state index in [1.807, 2.05) is 0 Å². The summed E-state index contributed by atoms with van der Waals surface area (Å²) in [7, 11) is 1.38. The Kier molecular flexibility index (Phi) is 4.24. The topological polar surface area (TPSA) is 43.4 Å². The molecule has 0 atom stereocenters. The largest absolute Gasteiger partial charge is 0.469 e. The Labute approximate surface area is 115 Å². The van der Waals surface area contributed by atoms with Crippen LogP contribution < -0.4 is 0 Å². The summed E-state index contributed by atoms with van der Waals surface area (Å²) in [6, 6.07) is 4.18. The van der Waals surface area contributed by atoms with E-state index in [0.717, 1.165) is 23.5 Å². The fourth-order valence-electron chi connectivity index (χ4n) is 1.90. The number of halogens is 1. The van der Waals surface area contributed by atoms with Crippen molar-refractivity contribution in [2.75, 3.05) is 12.9 Å². The lowest BCUT2D eigenvalue weighted by Crippen LogP contribution is -2.13. The van der Waals surface area contributed by atoms with E-state index in [1.165, 1.54) is 31.0 Å². The first-order valence-corrected chi connectivity index (χ1v) is 7.01. The summed E-state index contributed by atoms with van der Waals surface area (Å²) >= 11 is 1.50. The van der Waals surface area contributed by atoms with Gasteiger partial charge in [-0.3, -0.25) is 9.59 Å². The van der Waals surface area contributed by atoms with E-state index in [-0.39, 0.29) is 11.4 Å². The number of rotatable bonds is 6. The van der Waals surface area contributed by atoms with Gasteiger partial charge in [0.05, 0.1) is 13.5 Å². The van der Waals surface area contributed by atoms with Gasteiger partial charge in [-0.15, -0.1) is 11.8 Å². The first-order chi connectivity index (χ1) is 9.08. The predicted octanol–water partition coefficient (Wildman–Crippen LogP) is 3.07. The van der Waals surface area contributed by atoms with Gasteiger partial charge in [-0.1, -0.05) is 0 Å². The van der Waals surface area contributed by atoms with Gasteiger partial charge in [0.15, 0.2) is 6.29 Å². The fourth-order valence-corrected chi connectivity index (χ4v) is 3.19. The lowest BCUT2D eigenvalue weighted by Gasteiger charge is -2.13. The minimum atomic E-state index is -0.415. The minimum Gasteiger partial charge on any atom is -0.469 e. The van der Waals surface area contributed by atoms with Crippen LogP contribution in [-0.4, -0.2) is 25.1 Å². The maximum atomic E-state index is 13.0. The van der Waals surface area contributed by atoms with E-state index in [9.17, 15) is 14.0 Å². The smallest absolute Gasteiger partial charge is 0.306 e. The molecule has 1 aromatic rings.